The second-order valence-electron chi connectivity index (χ2n) is 15.3. The van der Waals surface area contributed by atoms with Gasteiger partial charge in [0.15, 0.2) is 5.58 Å². The minimum absolute atomic E-state index is 0.606. The molecule has 0 atom stereocenters. The fourth-order valence-corrected chi connectivity index (χ4v) is 10.1. The van der Waals surface area contributed by atoms with E-state index in [4.69, 9.17) is 14.4 Å². The van der Waals surface area contributed by atoms with Crippen molar-refractivity contribution in [1.29, 1.82) is 0 Å². The normalized spacial score (nSPS) is 12.6. The molecule has 0 unspecified atom stereocenters. The SMILES string of the molecule is c1ccc(-c2nc(-n3c4c5ccccc5cc5c6cccc7c8ccccc8n(c8cc9c%10ccccc%10oc9c3c8c54)c67)nc3ccc4ccccc4c23)cc1. The van der Waals surface area contributed by atoms with Crippen molar-refractivity contribution in [2.75, 3.05) is 0 Å². The molecule has 0 radical (unpaired) electrons. The van der Waals surface area contributed by atoms with Crippen molar-refractivity contribution in [2.24, 2.45) is 0 Å². The number of hydrogen-bond donors (Lipinski definition) is 0. The second kappa shape index (κ2) is 10.5. The molecule has 0 spiro atoms. The summed E-state index contributed by atoms with van der Waals surface area (Å²) in [4.78, 5) is 11.2. The molecule has 0 aliphatic heterocycles. The topological polar surface area (TPSA) is 48.3 Å². The van der Waals surface area contributed by atoms with Gasteiger partial charge in [0.05, 0.1) is 33.3 Å². The summed E-state index contributed by atoms with van der Waals surface area (Å²) >= 11 is 0. The number of hydrogen-bond acceptors (Lipinski definition) is 3. The van der Waals surface area contributed by atoms with Gasteiger partial charge in [-0.15, -0.1) is 0 Å². The molecule has 5 heterocycles. The molecule has 0 saturated heterocycles. The molecule has 0 aliphatic carbocycles. The lowest BCUT2D eigenvalue weighted by Crippen LogP contribution is -2.04. The van der Waals surface area contributed by atoms with Crippen molar-refractivity contribution in [2.45, 2.75) is 0 Å². The highest BCUT2D eigenvalue weighted by Crippen LogP contribution is 2.49. The maximum Gasteiger partial charge on any atom is 0.235 e. The summed E-state index contributed by atoms with van der Waals surface area (Å²) in [5, 5.41) is 14.9. The van der Waals surface area contributed by atoms with Gasteiger partial charge in [0.1, 0.15) is 11.1 Å². The first-order chi connectivity index (χ1) is 28.3. The molecule has 57 heavy (non-hydrogen) atoms. The molecule has 0 amide bonds. The zero-order valence-electron chi connectivity index (χ0n) is 30.4. The molecule has 5 aromatic heterocycles. The first-order valence-corrected chi connectivity index (χ1v) is 19.4. The first-order valence-electron chi connectivity index (χ1n) is 19.4. The number of furan rings is 1. The number of nitrogens with zero attached hydrogens (tertiary/aromatic N) is 4. The van der Waals surface area contributed by atoms with Gasteiger partial charge in [-0.3, -0.25) is 4.57 Å². The Balaban J connectivity index is 1.32. The van der Waals surface area contributed by atoms with Crippen LogP contribution in [0, 0.1) is 0 Å². The van der Waals surface area contributed by atoms with E-state index in [-0.39, 0.29) is 0 Å². The summed E-state index contributed by atoms with van der Waals surface area (Å²) in [5.41, 5.74) is 10.0. The van der Waals surface area contributed by atoms with Crippen LogP contribution in [-0.2, 0) is 0 Å². The largest absolute Gasteiger partial charge is 0.454 e. The highest BCUT2D eigenvalue weighted by Gasteiger charge is 2.29. The number of fused-ring (bicyclic) bond motifs is 14. The molecule has 262 valence electrons. The zero-order chi connectivity index (χ0) is 36.9. The predicted molar refractivity (Wildman–Crippen MR) is 236 cm³/mol. The molecule has 0 bridgehead atoms. The van der Waals surface area contributed by atoms with Crippen LogP contribution in [0.5, 0.6) is 0 Å². The lowest BCUT2D eigenvalue weighted by molar-refractivity contribution is 0.671. The van der Waals surface area contributed by atoms with Gasteiger partial charge >= 0.3 is 0 Å². The lowest BCUT2D eigenvalue weighted by atomic mass is 9.98. The Hall–Kier alpha value is -7.76. The Labute approximate surface area is 323 Å². The average molecular weight is 725 g/mol. The van der Waals surface area contributed by atoms with Crippen LogP contribution in [0.15, 0.2) is 174 Å². The lowest BCUT2D eigenvalue weighted by Gasteiger charge is -2.14. The van der Waals surface area contributed by atoms with Crippen molar-refractivity contribution in [1.82, 2.24) is 18.9 Å². The van der Waals surface area contributed by atoms with Crippen LogP contribution in [0.25, 0.3) is 131 Å². The predicted octanol–water partition coefficient (Wildman–Crippen LogP) is 13.7. The molecular formula is C52H28N4O. The molecule has 5 nitrogen and oxygen atoms in total. The third-order valence-electron chi connectivity index (χ3n) is 12.4. The summed E-state index contributed by atoms with van der Waals surface area (Å²) in [6.07, 6.45) is 0. The quantitative estimate of drug-likeness (QED) is 0.167. The Morgan fingerprint density at radius 2 is 1.11 bits per heavy atom. The van der Waals surface area contributed by atoms with E-state index in [1.165, 1.54) is 38.0 Å². The summed E-state index contributed by atoms with van der Waals surface area (Å²) in [7, 11) is 0. The molecule has 5 heteroatoms. The monoisotopic (exact) mass is 724 g/mol. The Morgan fingerprint density at radius 3 is 1.98 bits per heavy atom. The van der Waals surface area contributed by atoms with Crippen molar-refractivity contribution in [3.8, 4) is 17.2 Å². The van der Waals surface area contributed by atoms with E-state index in [1.54, 1.807) is 0 Å². The Morgan fingerprint density at radius 1 is 0.404 bits per heavy atom. The molecule has 14 rings (SSSR count). The van der Waals surface area contributed by atoms with Gasteiger partial charge in [-0.2, -0.15) is 0 Å². The molecule has 0 saturated carbocycles. The Bertz CT molecular complexity index is 4040. The summed E-state index contributed by atoms with van der Waals surface area (Å²) in [6, 6.07) is 60.9. The molecule has 0 fully saturated rings. The van der Waals surface area contributed by atoms with E-state index >= 15 is 0 Å². The van der Waals surface area contributed by atoms with E-state index < -0.39 is 0 Å². The van der Waals surface area contributed by atoms with Crippen molar-refractivity contribution in [3.05, 3.63) is 170 Å². The van der Waals surface area contributed by atoms with Gasteiger partial charge in [0.2, 0.25) is 5.95 Å². The molecule has 9 aromatic carbocycles. The van der Waals surface area contributed by atoms with E-state index in [0.29, 0.717) is 5.95 Å². The summed E-state index contributed by atoms with van der Waals surface area (Å²) in [6.45, 7) is 0. The highest BCUT2D eigenvalue weighted by molar-refractivity contribution is 6.38. The van der Waals surface area contributed by atoms with E-state index in [2.05, 4.69) is 179 Å². The summed E-state index contributed by atoms with van der Waals surface area (Å²) in [5.74, 6) is 0.606. The average Bonchev–Trinajstić information content (AvgIpc) is 3.92. The van der Waals surface area contributed by atoms with Gasteiger partial charge in [0.25, 0.3) is 0 Å². The number of benzene rings is 9. The van der Waals surface area contributed by atoms with Gasteiger partial charge in [-0.05, 0) is 51.9 Å². The van der Waals surface area contributed by atoms with Crippen LogP contribution in [0.3, 0.4) is 0 Å². The standard InChI is InChI=1S/C52H28N4O/c1-2-14-30(15-3-1)47-44-32-17-6-4-13-29(32)25-26-40(44)53-52(54-47)56-49-33-18-7-5-16-31(33)27-38-37-22-12-21-36-34-19-8-10-23-41(34)55(48(36)37)42-28-39-35-20-9-11-24-43(35)57-51(39)50(56)46(42)45(38)49/h1-28H. The maximum atomic E-state index is 7.02. The number of aromatic nitrogens is 4. The van der Waals surface area contributed by atoms with E-state index in [1.807, 2.05) is 0 Å². The molecular weight excluding hydrogens is 697 g/mol. The number of rotatable bonds is 2. The van der Waals surface area contributed by atoms with Crippen LogP contribution in [-0.4, -0.2) is 18.9 Å². The van der Waals surface area contributed by atoms with Gasteiger partial charge < -0.3 is 8.82 Å². The smallest absolute Gasteiger partial charge is 0.235 e. The fraction of sp³-hybridized carbons (Fsp3) is 0. The van der Waals surface area contributed by atoms with Crippen LogP contribution >= 0.6 is 0 Å². The minimum atomic E-state index is 0.606. The minimum Gasteiger partial charge on any atom is -0.454 e. The first kappa shape index (κ1) is 29.6. The van der Waals surface area contributed by atoms with Gasteiger partial charge in [0, 0.05) is 54.0 Å². The van der Waals surface area contributed by atoms with Crippen LogP contribution in [0.1, 0.15) is 0 Å². The Kier molecular flexibility index (Phi) is 5.45. The van der Waals surface area contributed by atoms with E-state index in [9.17, 15) is 0 Å². The van der Waals surface area contributed by atoms with Crippen molar-refractivity contribution < 1.29 is 4.42 Å². The highest BCUT2D eigenvalue weighted by atomic mass is 16.3. The van der Waals surface area contributed by atoms with Crippen molar-refractivity contribution in [3.63, 3.8) is 0 Å². The number of para-hydroxylation sites is 3. The van der Waals surface area contributed by atoms with Crippen LogP contribution in [0.2, 0.25) is 0 Å². The maximum absolute atomic E-state index is 7.02. The molecule has 14 aromatic rings. The fourth-order valence-electron chi connectivity index (χ4n) is 10.1. The van der Waals surface area contributed by atoms with Crippen LogP contribution < -0.4 is 0 Å². The van der Waals surface area contributed by atoms with E-state index in [0.717, 1.165) is 87.6 Å². The molecule has 0 aliphatic rings. The zero-order valence-corrected chi connectivity index (χ0v) is 30.4. The van der Waals surface area contributed by atoms with Gasteiger partial charge in [-0.25, -0.2) is 9.97 Å². The summed E-state index contributed by atoms with van der Waals surface area (Å²) < 4.78 is 11.8. The second-order valence-corrected chi connectivity index (χ2v) is 15.3. The molecule has 0 N–H and O–H groups in total. The third-order valence-corrected chi connectivity index (χ3v) is 12.4. The van der Waals surface area contributed by atoms with Crippen molar-refractivity contribution >= 4 is 114 Å². The van der Waals surface area contributed by atoms with Gasteiger partial charge in [-0.1, -0.05) is 140 Å². The third kappa shape index (κ3) is 3.69. The van der Waals surface area contributed by atoms with Crippen LogP contribution in [0.4, 0.5) is 0 Å².